The number of rotatable bonds is 6. The van der Waals surface area contributed by atoms with E-state index >= 15 is 0 Å². The molecule has 0 saturated carbocycles. The number of nitrogens with zero attached hydrogens (tertiary/aromatic N) is 3. The molecule has 3 heterocycles. The van der Waals surface area contributed by atoms with Crippen molar-refractivity contribution in [2.75, 3.05) is 26.2 Å². The summed E-state index contributed by atoms with van der Waals surface area (Å²) in [6, 6.07) is 0.0949. The molecule has 0 aliphatic carbocycles. The van der Waals surface area contributed by atoms with Crippen molar-refractivity contribution in [2.24, 2.45) is 0 Å². The SMILES string of the molecule is CCc1nc([C@@H]2CCCN2CC(=O)NC[C@H]2CCCO2)no1. The number of aromatic nitrogens is 2. The van der Waals surface area contributed by atoms with E-state index in [9.17, 15) is 4.79 Å². The Labute approximate surface area is 130 Å². The summed E-state index contributed by atoms with van der Waals surface area (Å²) in [5.74, 6) is 1.41. The van der Waals surface area contributed by atoms with Crippen LogP contribution in [0.1, 0.15) is 50.4 Å². The van der Waals surface area contributed by atoms with Crippen molar-refractivity contribution in [1.82, 2.24) is 20.4 Å². The lowest BCUT2D eigenvalue weighted by Crippen LogP contribution is -2.40. The van der Waals surface area contributed by atoms with Crippen LogP contribution in [0.2, 0.25) is 0 Å². The van der Waals surface area contributed by atoms with E-state index in [2.05, 4.69) is 20.4 Å². The van der Waals surface area contributed by atoms with E-state index in [0.717, 1.165) is 45.3 Å². The van der Waals surface area contributed by atoms with Crippen molar-refractivity contribution in [3.63, 3.8) is 0 Å². The van der Waals surface area contributed by atoms with Crippen LogP contribution in [0.3, 0.4) is 0 Å². The highest BCUT2D eigenvalue weighted by Crippen LogP contribution is 2.29. The van der Waals surface area contributed by atoms with Gasteiger partial charge in [-0.2, -0.15) is 4.98 Å². The fourth-order valence-electron chi connectivity index (χ4n) is 3.13. The Morgan fingerprint density at radius 2 is 2.32 bits per heavy atom. The first kappa shape index (κ1) is 15.4. The Morgan fingerprint density at radius 1 is 1.41 bits per heavy atom. The van der Waals surface area contributed by atoms with Crippen LogP contribution in [-0.2, 0) is 16.0 Å². The Hall–Kier alpha value is -1.47. The van der Waals surface area contributed by atoms with Crippen LogP contribution in [-0.4, -0.2) is 53.3 Å². The van der Waals surface area contributed by atoms with Crippen LogP contribution in [0.15, 0.2) is 4.52 Å². The molecule has 7 heteroatoms. The van der Waals surface area contributed by atoms with Gasteiger partial charge in [0.1, 0.15) is 0 Å². The van der Waals surface area contributed by atoms with Gasteiger partial charge in [-0.15, -0.1) is 0 Å². The number of carbonyl (C=O) groups is 1. The van der Waals surface area contributed by atoms with E-state index in [-0.39, 0.29) is 18.1 Å². The summed E-state index contributed by atoms with van der Waals surface area (Å²) in [7, 11) is 0. The lowest BCUT2D eigenvalue weighted by Gasteiger charge is -2.21. The lowest BCUT2D eigenvalue weighted by atomic mass is 10.2. The van der Waals surface area contributed by atoms with Gasteiger partial charge in [0.2, 0.25) is 11.8 Å². The second kappa shape index (κ2) is 7.19. The van der Waals surface area contributed by atoms with Crippen molar-refractivity contribution in [2.45, 2.75) is 51.2 Å². The van der Waals surface area contributed by atoms with Gasteiger partial charge in [-0.25, -0.2) is 0 Å². The number of carbonyl (C=O) groups excluding carboxylic acids is 1. The molecule has 2 atom stereocenters. The van der Waals surface area contributed by atoms with Gasteiger partial charge in [0.15, 0.2) is 5.82 Å². The standard InChI is InChI=1S/C15H24N4O3/c1-2-14-17-15(18-22-14)12-6-3-7-19(12)10-13(20)16-9-11-5-4-8-21-11/h11-12H,2-10H2,1H3,(H,16,20)/t11-,12+/m1/s1. The van der Waals surface area contributed by atoms with Gasteiger partial charge in [-0.05, 0) is 32.2 Å². The number of hydrogen-bond acceptors (Lipinski definition) is 6. The second-order valence-corrected chi connectivity index (χ2v) is 5.97. The summed E-state index contributed by atoms with van der Waals surface area (Å²) in [5.41, 5.74) is 0. The summed E-state index contributed by atoms with van der Waals surface area (Å²) in [5, 5.41) is 7.03. The zero-order chi connectivity index (χ0) is 15.4. The van der Waals surface area contributed by atoms with Gasteiger partial charge < -0.3 is 14.6 Å². The molecule has 2 saturated heterocycles. The maximum Gasteiger partial charge on any atom is 0.234 e. The maximum absolute atomic E-state index is 12.1. The summed E-state index contributed by atoms with van der Waals surface area (Å²) in [6.07, 6.45) is 5.08. The Bertz CT molecular complexity index is 499. The molecule has 3 rings (SSSR count). The topological polar surface area (TPSA) is 80.5 Å². The molecule has 22 heavy (non-hydrogen) atoms. The van der Waals surface area contributed by atoms with Crippen LogP contribution in [0.4, 0.5) is 0 Å². The number of amides is 1. The smallest absolute Gasteiger partial charge is 0.234 e. The first-order valence-electron chi connectivity index (χ1n) is 8.21. The molecular formula is C15H24N4O3. The third kappa shape index (κ3) is 3.64. The van der Waals surface area contributed by atoms with Gasteiger partial charge in [0.25, 0.3) is 0 Å². The molecule has 0 radical (unpaired) electrons. The van der Waals surface area contributed by atoms with Gasteiger partial charge in [0, 0.05) is 19.6 Å². The van der Waals surface area contributed by atoms with E-state index in [4.69, 9.17) is 9.26 Å². The summed E-state index contributed by atoms with van der Waals surface area (Å²) < 4.78 is 10.7. The minimum absolute atomic E-state index is 0.0432. The van der Waals surface area contributed by atoms with E-state index in [1.54, 1.807) is 0 Å². The first-order chi connectivity index (χ1) is 10.8. The highest BCUT2D eigenvalue weighted by molar-refractivity contribution is 5.78. The van der Waals surface area contributed by atoms with Crippen LogP contribution in [0, 0.1) is 0 Å². The molecule has 0 spiro atoms. The fraction of sp³-hybridized carbons (Fsp3) is 0.800. The molecule has 2 aliphatic rings. The first-order valence-corrected chi connectivity index (χ1v) is 8.21. The Kier molecular flexibility index (Phi) is 5.04. The average Bonchev–Trinajstić information content (AvgIpc) is 3.26. The molecule has 7 nitrogen and oxygen atoms in total. The molecule has 0 aromatic carbocycles. The van der Waals surface area contributed by atoms with E-state index in [0.29, 0.717) is 24.8 Å². The second-order valence-electron chi connectivity index (χ2n) is 5.97. The minimum atomic E-state index is 0.0432. The van der Waals surface area contributed by atoms with E-state index in [1.807, 2.05) is 6.92 Å². The minimum Gasteiger partial charge on any atom is -0.376 e. The van der Waals surface area contributed by atoms with Crippen molar-refractivity contribution >= 4 is 5.91 Å². The fourth-order valence-corrected chi connectivity index (χ4v) is 3.13. The number of likely N-dealkylation sites (tertiary alicyclic amines) is 1. The predicted octanol–water partition coefficient (Wildman–Crippen LogP) is 1.06. The van der Waals surface area contributed by atoms with E-state index in [1.165, 1.54) is 0 Å². The highest BCUT2D eigenvalue weighted by atomic mass is 16.5. The third-order valence-corrected chi connectivity index (χ3v) is 4.35. The van der Waals surface area contributed by atoms with Crippen LogP contribution in [0.25, 0.3) is 0 Å². The molecular weight excluding hydrogens is 284 g/mol. The quantitative estimate of drug-likeness (QED) is 0.846. The molecule has 1 amide bonds. The highest BCUT2D eigenvalue weighted by Gasteiger charge is 2.31. The van der Waals surface area contributed by atoms with Crippen LogP contribution < -0.4 is 5.32 Å². The number of nitrogens with one attached hydrogen (secondary N) is 1. The summed E-state index contributed by atoms with van der Waals surface area (Å²) >= 11 is 0. The van der Waals surface area contributed by atoms with Crippen molar-refractivity contribution in [3.8, 4) is 0 Å². The van der Waals surface area contributed by atoms with Gasteiger partial charge in [-0.3, -0.25) is 9.69 Å². The molecule has 1 aromatic rings. The van der Waals surface area contributed by atoms with Crippen molar-refractivity contribution in [1.29, 1.82) is 0 Å². The van der Waals surface area contributed by atoms with Crippen molar-refractivity contribution < 1.29 is 14.1 Å². The lowest BCUT2D eigenvalue weighted by molar-refractivity contribution is -0.123. The molecule has 2 fully saturated rings. The normalized spacial score (nSPS) is 25.7. The molecule has 2 aliphatic heterocycles. The third-order valence-electron chi connectivity index (χ3n) is 4.35. The van der Waals surface area contributed by atoms with Gasteiger partial charge in [0.05, 0.1) is 18.7 Å². The Morgan fingerprint density at radius 3 is 3.05 bits per heavy atom. The largest absolute Gasteiger partial charge is 0.376 e. The zero-order valence-corrected chi connectivity index (χ0v) is 13.1. The van der Waals surface area contributed by atoms with Gasteiger partial charge >= 0.3 is 0 Å². The number of aryl methyl sites for hydroxylation is 1. The van der Waals surface area contributed by atoms with Crippen molar-refractivity contribution in [3.05, 3.63) is 11.7 Å². The molecule has 122 valence electrons. The molecule has 1 aromatic heterocycles. The Balaban J connectivity index is 1.50. The molecule has 0 unspecified atom stereocenters. The maximum atomic E-state index is 12.1. The predicted molar refractivity (Wildman–Crippen MR) is 79.2 cm³/mol. The molecule has 1 N–H and O–H groups in total. The number of ether oxygens (including phenoxy) is 1. The van der Waals surface area contributed by atoms with Crippen LogP contribution in [0.5, 0.6) is 0 Å². The summed E-state index contributed by atoms with van der Waals surface area (Å²) in [4.78, 5) is 18.7. The summed E-state index contributed by atoms with van der Waals surface area (Å²) in [6.45, 7) is 4.69. The number of hydrogen-bond donors (Lipinski definition) is 1. The molecule has 0 bridgehead atoms. The monoisotopic (exact) mass is 308 g/mol. The van der Waals surface area contributed by atoms with Crippen LogP contribution >= 0.6 is 0 Å². The average molecular weight is 308 g/mol. The van der Waals surface area contributed by atoms with E-state index < -0.39 is 0 Å². The van der Waals surface area contributed by atoms with Gasteiger partial charge in [-0.1, -0.05) is 12.1 Å². The zero-order valence-electron chi connectivity index (χ0n) is 13.1.